The second-order valence-electron chi connectivity index (χ2n) is 15.6. The number of amides is 3. The third-order valence-electron chi connectivity index (χ3n) is 12.4. The SMILES string of the molecule is O=C1CC[C@H](N2Cc3cc(N4CCN(CC5CCN(c6ccc([C@@H]7c8ccc(O)cc8OC[C@@H]7c7ccccc7)cc6)CC5)CC4)ccc3C2=O)C(=O)N1. The van der Waals surface area contributed by atoms with E-state index in [1.165, 1.54) is 29.7 Å². The third kappa shape index (κ3) is 6.68. The van der Waals surface area contributed by atoms with Gasteiger partial charge < -0.3 is 24.5 Å². The summed E-state index contributed by atoms with van der Waals surface area (Å²) in [4.78, 5) is 46.4. The Kier molecular flexibility index (Phi) is 9.22. The lowest BCUT2D eigenvalue weighted by atomic mass is 9.76. The number of rotatable bonds is 7. The Labute approximate surface area is 316 Å². The van der Waals surface area contributed by atoms with Crippen LogP contribution in [0.2, 0.25) is 0 Å². The smallest absolute Gasteiger partial charge is 0.255 e. The highest BCUT2D eigenvalue weighted by molar-refractivity contribution is 6.05. The summed E-state index contributed by atoms with van der Waals surface area (Å²) in [6, 6.07) is 30.7. The van der Waals surface area contributed by atoms with Gasteiger partial charge >= 0.3 is 0 Å². The molecule has 5 heterocycles. The molecule has 5 aliphatic heterocycles. The van der Waals surface area contributed by atoms with Crippen LogP contribution in [0, 0.1) is 5.92 Å². The minimum Gasteiger partial charge on any atom is -0.508 e. The van der Waals surface area contributed by atoms with Gasteiger partial charge in [0.1, 0.15) is 17.5 Å². The Hall–Kier alpha value is -5.35. The van der Waals surface area contributed by atoms with Crippen molar-refractivity contribution in [2.45, 2.75) is 50.1 Å². The number of ether oxygens (including phenoxy) is 1. The molecule has 5 aliphatic rings. The van der Waals surface area contributed by atoms with Crippen molar-refractivity contribution in [1.82, 2.24) is 15.1 Å². The summed E-state index contributed by atoms with van der Waals surface area (Å²) >= 11 is 0. The lowest BCUT2D eigenvalue weighted by Crippen LogP contribution is -2.52. The fourth-order valence-electron chi connectivity index (χ4n) is 9.38. The first-order valence-electron chi connectivity index (χ1n) is 19.5. The highest BCUT2D eigenvalue weighted by Crippen LogP contribution is 2.47. The molecule has 2 N–H and O–H groups in total. The second kappa shape index (κ2) is 14.5. The predicted molar refractivity (Wildman–Crippen MR) is 207 cm³/mol. The Bertz CT molecular complexity index is 2040. The molecular formula is C44H47N5O5. The minimum absolute atomic E-state index is 0.125. The molecule has 10 heteroatoms. The molecule has 4 aromatic carbocycles. The Balaban J connectivity index is 0.780. The van der Waals surface area contributed by atoms with Crippen molar-refractivity contribution in [2.75, 3.05) is 62.2 Å². The lowest BCUT2D eigenvalue weighted by Gasteiger charge is -2.40. The van der Waals surface area contributed by atoms with Gasteiger partial charge in [-0.3, -0.25) is 24.6 Å². The highest BCUT2D eigenvalue weighted by Gasteiger charge is 2.39. The van der Waals surface area contributed by atoms with Crippen LogP contribution in [0.4, 0.5) is 11.4 Å². The van der Waals surface area contributed by atoms with Gasteiger partial charge in [-0.15, -0.1) is 0 Å². The summed E-state index contributed by atoms with van der Waals surface area (Å²) in [5.74, 6) is 1.22. The van der Waals surface area contributed by atoms with Gasteiger partial charge in [-0.2, -0.15) is 0 Å². The number of benzene rings is 4. The van der Waals surface area contributed by atoms with Gasteiger partial charge in [-0.05, 0) is 78.3 Å². The molecule has 0 unspecified atom stereocenters. The molecule has 0 bridgehead atoms. The molecular weight excluding hydrogens is 679 g/mol. The molecule has 0 spiro atoms. The standard InChI is InChI=1S/C44H47N5O5/c50-35-11-13-37-40(25-35)54-28-38(30-4-2-1-3-5-30)42(37)31-6-8-33(9-7-31)47-18-16-29(17-19-47)26-46-20-22-48(23-21-46)34-10-12-36-32(24-34)27-49(44(36)53)39-14-15-41(51)45-43(39)52/h1-13,24-25,29,38-39,42,50H,14-23,26-28H2,(H,45,51,52)/t38-,39+,42-/m1/s1. The number of nitrogens with zero attached hydrogens (tertiary/aromatic N) is 4. The van der Waals surface area contributed by atoms with Gasteiger partial charge in [-0.1, -0.05) is 48.5 Å². The molecule has 10 nitrogen and oxygen atoms in total. The van der Waals surface area contributed by atoms with Crippen LogP contribution in [0.25, 0.3) is 0 Å². The summed E-state index contributed by atoms with van der Waals surface area (Å²) in [6.45, 7) is 8.12. The maximum absolute atomic E-state index is 13.1. The number of hydrogen-bond donors (Lipinski definition) is 2. The molecule has 0 saturated carbocycles. The number of imide groups is 1. The molecule has 9 rings (SSSR count). The van der Waals surface area contributed by atoms with E-state index >= 15 is 0 Å². The normalized spacial score (nSPS) is 23.5. The number of piperazine rings is 1. The van der Waals surface area contributed by atoms with E-state index in [1.807, 2.05) is 18.2 Å². The number of hydrogen-bond acceptors (Lipinski definition) is 8. The van der Waals surface area contributed by atoms with E-state index in [-0.39, 0.29) is 41.7 Å². The zero-order valence-corrected chi connectivity index (χ0v) is 30.5. The maximum atomic E-state index is 13.1. The zero-order chi connectivity index (χ0) is 36.8. The van der Waals surface area contributed by atoms with Gasteiger partial charge in [0.25, 0.3) is 5.91 Å². The largest absolute Gasteiger partial charge is 0.508 e. The lowest BCUT2D eigenvalue weighted by molar-refractivity contribution is -0.136. The van der Waals surface area contributed by atoms with Gasteiger partial charge in [0.15, 0.2) is 0 Å². The van der Waals surface area contributed by atoms with E-state index < -0.39 is 6.04 Å². The van der Waals surface area contributed by atoms with Crippen LogP contribution in [-0.4, -0.2) is 91.1 Å². The van der Waals surface area contributed by atoms with Crippen molar-refractivity contribution < 1.29 is 24.2 Å². The summed E-state index contributed by atoms with van der Waals surface area (Å²) in [5, 5.41) is 12.5. The second-order valence-corrected chi connectivity index (χ2v) is 15.6. The molecule has 3 fully saturated rings. The molecule has 54 heavy (non-hydrogen) atoms. The summed E-state index contributed by atoms with van der Waals surface area (Å²) in [6.07, 6.45) is 2.99. The fourth-order valence-corrected chi connectivity index (χ4v) is 9.38. The van der Waals surface area contributed by atoms with Crippen molar-refractivity contribution in [3.63, 3.8) is 0 Å². The summed E-state index contributed by atoms with van der Waals surface area (Å²) in [5.41, 5.74) is 7.65. The van der Waals surface area contributed by atoms with Crippen LogP contribution >= 0.6 is 0 Å². The van der Waals surface area contributed by atoms with Crippen LogP contribution in [0.15, 0.2) is 91.0 Å². The van der Waals surface area contributed by atoms with Gasteiger partial charge in [-0.25, -0.2) is 0 Å². The monoisotopic (exact) mass is 725 g/mol. The van der Waals surface area contributed by atoms with Crippen molar-refractivity contribution in [1.29, 1.82) is 0 Å². The van der Waals surface area contributed by atoms with Gasteiger partial charge in [0.05, 0.1) is 6.61 Å². The van der Waals surface area contributed by atoms with Crippen molar-refractivity contribution in [3.05, 3.63) is 119 Å². The first kappa shape index (κ1) is 34.4. The predicted octanol–water partition coefficient (Wildman–Crippen LogP) is 5.50. The number of carbonyl (C=O) groups is 3. The first-order valence-corrected chi connectivity index (χ1v) is 19.5. The molecule has 3 atom stereocenters. The molecule has 0 aliphatic carbocycles. The molecule has 4 aromatic rings. The Morgan fingerprint density at radius 3 is 2.24 bits per heavy atom. The topological polar surface area (TPSA) is 106 Å². The van der Waals surface area contributed by atoms with E-state index in [2.05, 4.69) is 80.7 Å². The quantitative estimate of drug-likeness (QED) is 0.241. The van der Waals surface area contributed by atoms with Crippen LogP contribution in [0.3, 0.4) is 0 Å². The van der Waals surface area contributed by atoms with Crippen LogP contribution in [0.1, 0.15) is 70.1 Å². The van der Waals surface area contributed by atoms with Crippen LogP contribution in [0.5, 0.6) is 11.5 Å². The number of aromatic hydroxyl groups is 1. The Morgan fingerprint density at radius 1 is 0.741 bits per heavy atom. The number of nitrogens with one attached hydrogen (secondary N) is 1. The molecule has 0 radical (unpaired) electrons. The highest BCUT2D eigenvalue weighted by atomic mass is 16.5. The van der Waals surface area contributed by atoms with Crippen molar-refractivity contribution in [2.24, 2.45) is 5.92 Å². The molecule has 3 amide bonds. The molecule has 278 valence electrons. The molecule has 0 aromatic heterocycles. The van der Waals surface area contributed by atoms with E-state index in [0.29, 0.717) is 31.1 Å². The Morgan fingerprint density at radius 2 is 1.48 bits per heavy atom. The van der Waals surface area contributed by atoms with E-state index in [1.54, 1.807) is 17.0 Å². The summed E-state index contributed by atoms with van der Waals surface area (Å²) < 4.78 is 6.17. The van der Waals surface area contributed by atoms with Gasteiger partial charge in [0, 0.05) is 99.2 Å². The van der Waals surface area contributed by atoms with E-state index in [0.717, 1.165) is 68.4 Å². The average molecular weight is 726 g/mol. The number of fused-ring (bicyclic) bond motifs is 2. The van der Waals surface area contributed by atoms with Crippen LogP contribution < -0.4 is 19.9 Å². The zero-order valence-electron chi connectivity index (χ0n) is 30.5. The number of carbonyl (C=O) groups excluding carboxylic acids is 3. The minimum atomic E-state index is -0.589. The van der Waals surface area contributed by atoms with E-state index in [9.17, 15) is 19.5 Å². The maximum Gasteiger partial charge on any atom is 0.255 e. The number of phenolic OH excluding ortho intramolecular Hbond substituents is 1. The van der Waals surface area contributed by atoms with Crippen molar-refractivity contribution >= 4 is 29.1 Å². The first-order chi connectivity index (χ1) is 26.4. The fraction of sp³-hybridized carbons (Fsp3) is 0.386. The summed E-state index contributed by atoms with van der Waals surface area (Å²) in [7, 11) is 0. The van der Waals surface area contributed by atoms with Crippen molar-refractivity contribution in [3.8, 4) is 11.5 Å². The van der Waals surface area contributed by atoms with Gasteiger partial charge in [0.2, 0.25) is 11.8 Å². The van der Waals surface area contributed by atoms with E-state index in [4.69, 9.17) is 4.74 Å². The molecule has 3 saturated heterocycles. The number of piperidine rings is 2. The van der Waals surface area contributed by atoms with Crippen LogP contribution in [-0.2, 0) is 16.1 Å². The number of anilines is 2. The third-order valence-corrected chi connectivity index (χ3v) is 12.4. The average Bonchev–Trinajstić information content (AvgIpc) is 3.53. The number of phenols is 1.